The summed E-state index contributed by atoms with van der Waals surface area (Å²) in [5.74, 6) is 0. The lowest BCUT2D eigenvalue weighted by Gasteiger charge is -2.31. The van der Waals surface area contributed by atoms with Crippen LogP contribution in [0.4, 0.5) is 0 Å². The van der Waals surface area contributed by atoms with Crippen LogP contribution in [0.2, 0.25) is 0 Å². The van der Waals surface area contributed by atoms with E-state index in [-0.39, 0.29) is 11.5 Å². The zero-order valence-electron chi connectivity index (χ0n) is 9.55. The molecule has 0 spiro atoms. The summed E-state index contributed by atoms with van der Waals surface area (Å²) in [4.78, 5) is 0. The van der Waals surface area contributed by atoms with Gasteiger partial charge in [-0.05, 0) is 42.1 Å². The van der Waals surface area contributed by atoms with Crippen molar-refractivity contribution in [2.45, 2.75) is 26.8 Å². The van der Waals surface area contributed by atoms with Crippen LogP contribution in [0.3, 0.4) is 0 Å². The molecule has 0 saturated carbocycles. The van der Waals surface area contributed by atoms with E-state index >= 15 is 0 Å². The second-order valence-electron chi connectivity index (χ2n) is 4.67. The minimum absolute atomic E-state index is 0.0278. The summed E-state index contributed by atoms with van der Waals surface area (Å²) in [7, 11) is 0. The number of nitrogens with two attached hydrogens (primary N) is 2. The van der Waals surface area contributed by atoms with Gasteiger partial charge in [0, 0.05) is 10.5 Å². The Hall–Kier alpha value is -0.380. The van der Waals surface area contributed by atoms with Crippen LogP contribution < -0.4 is 11.5 Å². The van der Waals surface area contributed by atoms with Crippen molar-refractivity contribution in [2.24, 2.45) is 16.9 Å². The van der Waals surface area contributed by atoms with Gasteiger partial charge in [-0.25, -0.2) is 0 Å². The minimum Gasteiger partial charge on any atom is -0.330 e. The van der Waals surface area contributed by atoms with Gasteiger partial charge in [-0.1, -0.05) is 35.8 Å². The Labute approximate surface area is 100 Å². The third kappa shape index (κ3) is 2.80. The van der Waals surface area contributed by atoms with E-state index in [0.29, 0.717) is 6.54 Å². The van der Waals surface area contributed by atoms with E-state index in [0.717, 1.165) is 4.47 Å². The molecule has 0 aliphatic heterocycles. The van der Waals surface area contributed by atoms with Crippen LogP contribution in [-0.4, -0.2) is 6.54 Å². The third-order valence-corrected chi connectivity index (χ3v) is 3.44. The highest BCUT2D eigenvalue weighted by Crippen LogP contribution is 2.33. The van der Waals surface area contributed by atoms with Crippen molar-refractivity contribution in [3.8, 4) is 0 Å². The molecule has 0 amide bonds. The Morgan fingerprint density at radius 1 is 1.40 bits per heavy atom. The van der Waals surface area contributed by atoms with Gasteiger partial charge in [0.2, 0.25) is 0 Å². The van der Waals surface area contributed by atoms with Crippen LogP contribution >= 0.6 is 15.9 Å². The first-order chi connectivity index (χ1) is 6.88. The Morgan fingerprint density at radius 3 is 2.53 bits per heavy atom. The molecular formula is C12H19BrN2. The average Bonchev–Trinajstić information content (AvgIpc) is 2.20. The number of hydrogen-bond acceptors (Lipinski definition) is 2. The molecule has 0 saturated heterocycles. The van der Waals surface area contributed by atoms with Gasteiger partial charge in [-0.2, -0.15) is 0 Å². The molecule has 0 fully saturated rings. The van der Waals surface area contributed by atoms with Crippen LogP contribution in [0.15, 0.2) is 22.7 Å². The summed E-state index contributed by atoms with van der Waals surface area (Å²) in [6.07, 6.45) is 0. The molecule has 1 atom stereocenters. The molecule has 4 N–H and O–H groups in total. The minimum atomic E-state index is -0.0778. The van der Waals surface area contributed by atoms with E-state index in [1.54, 1.807) is 0 Å². The summed E-state index contributed by atoms with van der Waals surface area (Å²) in [5, 5.41) is 0. The predicted molar refractivity (Wildman–Crippen MR) is 68.6 cm³/mol. The van der Waals surface area contributed by atoms with E-state index in [2.05, 4.69) is 48.8 Å². The van der Waals surface area contributed by atoms with Crippen LogP contribution in [0.1, 0.15) is 31.0 Å². The van der Waals surface area contributed by atoms with Crippen LogP contribution in [0, 0.1) is 12.3 Å². The standard InChI is InChI=1S/C12H19BrN2/c1-8-4-5-9(13)6-10(8)11(15)12(2,3)7-14/h4-6,11H,7,14-15H2,1-3H3. The van der Waals surface area contributed by atoms with E-state index in [4.69, 9.17) is 11.5 Å². The fraction of sp³-hybridized carbons (Fsp3) is 0.500. The molecule has 0 aromatic heterocycles. The highest BCUT2D eigenvalue weighted by molar-refractivity contribution is 9.10. The smallest absolute Gasteiger partial charge is 0.0361 e. The van der Waals surface area contributed by atoms with Gasteiger partial charge in [-0.3, -0.25) is 0 Å². The number of aryl methyl sites for hydroxylation is 1. The van der Waals surface area contributed by atoms with Crippen LogP contribution in [0.5, 0.6) is 0 Å². The van der Waals surface area contributed by atoms with Crippen molar-refractivity contribution >= 4 is 15.9 Å². The summed E-state index contributed by atoms with van der Waals surface area (Å²) >= 11 is 3.47. The number of hydrogen-bond donors (Lipinski definition) is 2. The molecule has 0 aliphatic rings. The van der Waals surface area contributed by atoms with Crippen molar-refractivity contribution in [3.63, 3.8) is 0 Å². The zero-order valence-corrected chi connectivity index (χ0v) is 11.1. The van der Waals surface area contributed by atoms with Gasteiger partial charge in [0.25, 0.3) is 0 Å². The normalized spacial score (nSPS) is 14.0. The lowest BCUT2D eigenvalue weighted by atomic mass is 9.80. The molecule has 1 rings (SSSR count). The van der Waals surface area contributed by atoms with Crippen molar-refractivity contribution in [1.82, 2.24) is 0 Å². The topological polar surface area (TPSA) is 52.0 Å². The highest BCUT2D eigenvalue weighted by Gasteiger charge is 2.27. The predicted octanol–water partition coefficient (Wildman–Crippen LogP) is 2.74. The lowest BCUT2D eigenvalue weighted by molar-refractivity contribution is 0.300. The molecule has 0 radical (unpaired) electrons. The summed E-state index contributed by atoms with van der Waals surface area (Å²) in [6.45, 7) is 6.85. The molecule has 0 bridgehead atoms. The van der Waals surface area contributed by atoms with Crippen molar-refractivity contribution < 1.29 is 0 Å². The summed E-state index contributed by atoms with van der Waals surface area (Å²) < 4.78 is 1.06. The fourth-order valence-electron chi connectivity index (χ4n) is 1.49. The zero-order chi connectivity index (χ0) is 11.6. The second kappa shape index (κ2) is 4.64. The molecule has 1 unspecified atom stereocenters. The Kier molecular flexibility index (Phi) is 3.93. The van der Waals surface area contributed by atoms with E-state index in [1.165, 1.54) is 11.1 Å². The van der Waals surface area contributed by atoms with Gasteiger partial charge < -0.3 is 11.5 Å². The molecule has 3 heteroatoms. The van der Waals surface area contributed by atoms with Gasteiger partial charge in [0.15, 0.2) is 0 Å². The maximum Gasteiger partial charge on any atom is 0.0361 e. The maximum atomic E-state index is 6.25. The number of benzene rings is 1. The summed E-state index contributed by atoms with van der Waals surface area (Å²) in [5.41, 5.74) is 14.3. The molecule has 0 heterocycles. The fourth-order valence-corrected chi connectivity index (χ4v) is 1.87. The Morgan fingerprint density at radius 2 is 2.00 bits per heavy atom. The monoisotopic (exact) mass is 270 g/mol. The lowest BCUT2D eigenvalue weighted by Crippen LogP contribution is -2.36. The van der Waals surface area contributed by atoms with E-state index in [9.17, 15) is 0 Å². The van der Waals surface area contributed by atoms with Gasteiger partial charge >= 0.3 is 0 Å². The molecule has 2 nitrogen and oxygen atoms in total. The number of halogens is 1. The summed E-state index contributed by atoms with van der Waals surface area (Å²) in [6, 6.07) is 6.16. The van der Waals surface area contributed by atoms with Gasteiger partial charge in [0.1, 0.15) is 0 Å². The Balaban J connectivity index is 3.10. The van der Waals surface area contributed by atoms with Crippen molar-refractivity contribution in [2.75, 3.05) is 6.54 Å². The SMILES string of the molecule is Cc1ccc(Br)cc1C(N)C(C)(C)CN. The first-order valence-electron chi connectivity index (χ1n) is 5.10. The average molecular weight is 271 g/mol. The van der Waals surface area contributed by atoms with Gasteiger partial charge in [-0.15, -0.1) is 0 Å². The third-order valence-electron chi connectivity index (χ3n) is 2.94. The van der Waals surface area contributed by atoms with Crippen LogP contribution in [0.25, 0.3) is 0 Å². The first kappa shape index (κ1) is 12.7. The first-order valence-corrected chi connectivity index (χ1v) is 5.89. The highest BCUT2D eigenvalue weighted by atomic mass is 79.9. The van der Waals surface area contributed by atoms with Crippen LogP contribution in [-0.2, 0) is 0 Å². The quantitative estimate of drug-likeness (QED) is 0.888. The largest absolute Gasteiger partial charge is 0.330 e. The maximum absolute atomic E-state index is 6.25. The number of rotatable bonds is 3. The molecule has 1 aromatic rings. The van der Waals surface area contributed by atoms with Gasteiger partial charge in [0.05, 0.1) is 0 Å². The van der Waals surface area contributed by atoms with E-state index in [1.807, 2.05) is 6.07 Å². The molecule has 1 aromatic carbocycles. The Bertz CT molecular complexity index is 347. The molecule has 84 valence electrons. The second-order valence-corrected chi connectivity index (χ2v) is 5.59. The van der Waals surface area contributed by atoms with E-state index < -0.39 is 0 Å². The van der Waals surface area contributed by atoms with Crippen molar-refractivity contribution in [1.29, 1.82) is 0 Å². The molecule has 15 heavy (non-hydrogen) atoms. The molecule has 0 aliphatic carbocycles. The van der Waals surface area contributed by atoms with Crippen molar-refractivity contribution in [3.05, 3.63) is 33.8 Å². The molecular weight excluding hydrogens is 252 g/mol.